The van der Waals surface area contributed by atoms with Crippen LogP contribution in [0.25, 0.3) is 0 Å². The molecule has 22 heavy (non-hydrogen) atoms. The van der Waals surface area contributed by atoms with Gasteiger partial charge in [0.15, 0.2) is 0 Å². The third-order valence-electron chi connectivity index (χ3n) is 3.82. The minimum atomic E-state index is -3.26. The third kappa shape index (κ3) is 3.66. The molecule has 1 fully saturated rings. The van der Waals surface area contributed by atoms with E-state index in [-0.39, 0.29) is 0 Å². The first-order valence-corrected chi connectivity index (χ1v) is 7.18. The number of hydrogen-bond donors (Lipinski definition) is 2. The van der Waals surface area contributed by atoms with Crippen LogP contribution in [0.2, 0.25) is 0 Å². The smallest absolute Gasteiger partial charge is 0.289 e. The van der Waals surface area contributed by atoms with Crippen molar-refractivity contribution in [3.05, 3.63) is 23.8 Å². The topological polar surface area (TPSA) is 54.0 Å². The van der Waals surface area contributed by atoms with Crippen LogP contribution >= 0.6 is 0 Å². The lowest BCUT2D eigenvalue weighted by Gasteiger charge is -2.38. The lowest BCUT2D eigenvalue weighted by Crippen LogP contribution is -2.51. The SMILES string of the molecule is COc1cc(OC)cc([C@H](N2CCNCC2)C(F)(F)CO)c1. The molecule has 1 saturated heterocycles. The number of halogens is 2. The fourth-order valence-corrected chi connectivity index (χ4v) is 2.74. The number of nitrogens with one attached hydrogen (secondary N) is 1. The average molecular weight is 316 g/mol. The number of aliphatic hydroxyl groups is 1. The summed E-state index contributed by atoms with van der Waals surface area (Å²) >= 11 is 0. The highest BCUT2D eigenvalue weighted by Crippen LogP contribution is 2.39. The number of piperazine rings is 1. The number of methoxy groups -OCH3 is 2. The fraction of sp³-hybridized carbons (Fsp3) is 0.600. The summed E-state index contributed by atoms with van der Waals surface area (Å²) in [5.41, 5.74) is 0.372. The Morgan fingerprint density at radius 2 is 1.73 bits per heavy atom. The normalized spacial score (nSPS) is 18.0. The Bertz CT molecular complexity index is 471. The lowest BCUT2D eigenvalue weighted by molar-refractivity contribution is -0.118. The van der Waals surface area contributed by atoms with E-state index in [9.17, 15) is 8.78 Å². The number of rotatable bonds is 6. The molecule has 0 radical (unpaired) electrons. The van der Waals surface area contributed by atoms with Crippen LogP contribution < -0.4 is 14.8 Å². The number of ether oxygens (including phenoxy) is 2. The largest absolute Gasteiger partial charge is 0.497 e. The van der Waals surface area contributed by atoms with E-state index in [0.29, 0.717) is 43.2 Å². The number of benzene rings is 1. The zero-order valence-electron chi connectivity index (χ0n) is 12.8. The molecule has 7 heteroatoms. The zero-order valence-corrected chi connectivity index (χ0v) is 12.8. The Morgan fingerprint density at radius 3 is 2.18 bits per heavy atom. The molecule has 0 aromatic heterocycles. The number of hydrogen-bond acceptors (Lipinski definition) is 5. The summed E-state index contributed by atoms with van der Waals surface area (Å²) in [6, 6.07) is 3.55. The second-order valence-electron chi connectivity index (χ2n) is 5.25. The van der Waals surface area contributed by atoms with Crippen molar-refractivity contribution in [1.82, 2.24) is 10.2 Å². The van der Waals surface area contributed by atoms with Crippen LogP contribution in [0.3, 0.4) is 0 Å². The van der Waals surface area contributed by atoms with E-state index in [1.165, 1.54) is 14.2 Å². The van der Waals surface area contributed by atoms with Gasteiger partial charge in [0.1, 0.15) is 24.1 Å². The second-order valence-corrected chi connectivity index (χ2v) is 5.25. The maximum absolute atomic E-state index is 14.4. The highest BCUT2D eigenvalue weighted by atomic mass is 19.3. The molecule has 0 unspecified atom stereocenters. The maximum Gasteiger partial charge on any atom is 0.289 e. The molecule has 0 saturated carbocycles. The highest BCUT2D eigenvalue weighted by molar-refractivity contribution is 5.40. The van der Waals surface area contributed by atoms with Crippen LogP contribution in [-0.2, 0) is 0 Å². The van der Waals surface area contributed by atoms with Gasteiger partial charge in [-0.05, 0) is 17.7 Å². The molecule has 0 spiro atoms. The summed E-state index contributed by atoms with van der Waals surface area (Å²) in [6.07, 6.45) is 0. The molecule has 0 aliphatic carbocycles. The highest BCUT2D eigenvalue weighted by Gasteiger charge is 2.44. The molecule has 1 aromatic rings. The minimum Gasteiger partial charge on any atom is -0.497 e. The molecule has 1 aliphatic rings. The van der Waals surface area contributed by atoms with Crippen LogP contribution in [0.15, 0.2) is 18.2 Å². The predicted octanol–water partition coefficient (Wildman–Crippen LogP) is 1.28. The van der Waals surface area contributed by atoms with Crippen LogP contribution in [0.5, 0.6) is 11.5 Å². The second kappa shape index (κ2) is 7.21. The van der Waals surface area contributed by atoms with Gasteiger partial charge in [-0.15, -0.1) is 0 Å². The summed E-state index contributed by atoms with van der Waals surface area (Å²) in [6.45, 7) is 1.04. The van der Waals surface area contributed by atoms with E-state index in [1.807, 2.05) is 0 Å². The van der Waals surface area contributed by atoms with Gasteiger partial charge in [0, 0.05) is 32.2 Å². The van der Waals surface area contributed by atoms with Crippen molar-refractivity contribution >= 4 is 0 Å². The standard InChI is InChI=1S/C15H22F2N2O3/c1-21-12-7-11(8-13(9-12)22-2)14(15(16,17)10-20)19-5-3-18-4-6-19/h7-9,14,18,20H,3-6,10H2,1-2H3/t14-/m0/s1. The van der Waals surface area contributed by atoms with Gasteiger partial charge in [-0.2, -0.15) is 0 Å². The first-order valence-electron chi connectivity index (χ1n) is 7.18. The van der Waals surface area contributed by atoms with Crippen molar-refractivity contribution in [3.8, 4) is 11.5 Å². The Labute approximate surface area is 128 Å². The summed E-state index contributed by atoms with van der Waals surface area (Å²) in [5.74, 6) is -2.36. The first-order chi connectivity index (χ1) is 10.5. The van der Waals surface area contributed by atoms with Crippen LogP contribution in [0.4, 0.5) is 8.78 Å². The zero-order chi connectivity index (χ0) is 16.2. The molecule has 0 bridgehead atoms. The van der Waals surface area contributed by atoms with Crippen LogP contribution in [0.1, 0.15) is 11.6 Å². The van der Waals surface area contributed by atoms with Gasteiger partial charge in [-0.25, -0.2) is 8.78 Å². The van der Waals surface area contributed by atoms with Gasteiger partial charge in [0.2, 0.25) is 0 Å². The van der Waals surface area contributed by atoms with Crippen molar-refractivity contribution in [2.24, 2.45) is 0 Å². The monoisotopic (exact) mass is 316 g/mol. The summed E-state index contributed by atoms with van der Waals surface area (Å²) in [7, 11) is 2.95. The van der Waals surface area contributed by atoms with Gasteiger partial charge in [-0.1, -0.05) is 0 Å². The predicted molar refractivity (Wildman–Crippen MR) is 78.8 cm³/mol. The Morgan fingerprint density at radius 1 is 1.18 bits per heavy atom. The van der Waals surface area contributed by atoms with E-state index in [1.54, 1.807) is 23.1 Å². The number of aliphatic hydroxyl groups excluding tert-OH is 1. The third-order valence-corrected chi connectivity index (χ3v) is 3.82. The quantitative estimate of drug-likeness (QED) is 0.828. The Hall–Kier alpha value is -1.44. The Kier molecular flexibility index (Phi) is 5.55. The number of alkyl halides is 2. The molecule has 1 aliphatic heterocycles. The van der Waals surface area contributed by atoms with Gasteiger partial charge >= 0.3 is 0 Å². The molecule has 2 N–H and O–H groups in total. The van der Waals surface area contributed by atoms with E-state index in [2.05, 4.69) is 5.32 Å². The summed E-state index contributed by atoms with van der Waals surface area (Å²) < 4.78 is 39.1. The molecule has 124 valence electrons. The lowest BCUT2D eigenvalue weighted by atomic mass is 9.97. The van der Waals surface area contributed by atoms with Gasteiger partial charge in [0.05, 0.1) is 14.2 Å². The van der Waals surface area contributed by atoms with Gasteiger partial charge < -0.3 is 19.9 Å². The summed E-state index contributed by atoms with van der Waals surface area (Å²) in [4.78, 5) is 1.68. The van der Waals surface area contributed by atoms with Crippen molar-refractivity contribution < 1.29 is 23.4 Å². The summed E-state index contributed by atoms with van der Waals surface area (Å²) in [5, 5.41) is 12.3. The van der Waals surface area contributed by atoms with Crippen molar-refractivity contribution in [2.45, 2.75) is 12.0 Å². The molecule has 5 nitrogen and oxygen atoms in total. The van der Waals surface area contributed by atoms with E-state index >= 15 is 0 Å². The molecule has 0 amide bonds. The average Bonchev–Trinajstić information content (AvgIpc) is 2.55. The maximum atomic E-state index is 14.4. The first kappa shape index (κ1) is 16.9. The van der Waals surface area contributed by atoms with E-state index < -0.39 is 18.6 Å². The number of nitrogens with zero attached hydrogens (tertiary/aromatic N) is 1. The molecular formula is C15H22F2N2O3. The Balaban J connectivity index is 2.43. The van der Waals surface area contributed by atoms with Crippen molar-refractivity contribution in [1.29, 1.82) is 0 Å². The van der Waals surface area contributed by atoms with Crippen LogP contribution in [0, 0.1) is 0 Å². The van der Waals surface area contributed by atoms with Crippen molar-refractivity contribution in [3.63, 3.8) is 0 Å². The molecule has 1 aromatic carbocycles. The fourth-order valence-electron chi connectivity index (χ4n) is 2.74. The molecular weight excluding hydrogens is 294 g/mol. The van der Waals surface area contributed by atoms with Crippen molar-refractivity contribution in [2.75, 3.05) is 47.0 Å². The van der Waals surface area contributed by atoms with E-state index in [4.69, 9.17) is 14.6 Å². The molecule has 2 rings (SSSR count). The van der Waals surface area contributed by atoms with Crippen LogP contribution in [-0.4, -0.2) is 62.9 Å². The van der Waals surface area contributed by atoms with Gasteiger partial charge in [0.25, 0.3) is 5.92 Å². The minimum absolute atomic E-state index is 0.372. The molecule has 1 heterocycles. The van der Waals surface area contributed by atoms with E-state index in [0.717, 1.165) is 0 Å². The molecule has 1 atom stereocenters. The van der Waals surface area contributed by atoms with Gasteiger partial charge in [-0.3, -0.25) is 4.90 Å².